The number of carbonyl (C=O) groups is 1. The molecule has 2 fully saturated rings. The number of fused-ring (bicyclic) bond motifs is 2. The Kier molecular flexibility index (Phi) is 5.56. The molecular formula is C21H32O6. The van der Waals surface area contributed by atoms with Crippen molar-refractivity contribution in [2.75, 3.05) is 7.11 Å². The highest BCUT2D eigenvalue weighted by Gasteiger charge is 2.54. The molecule has 3 rings (SSSR count). The molecule has 2 heterocycles. The van der Waals surface area contributed by atoms with Crippen LogP contribution in [-0.4, -0.2) is 47.3 Å². The quantitative estimate of drug-likeness (QED) is 0.200. The fraction of sp³-hybridized carbons (Fsp3) is 0.762. The van der Waals surface area contributed by atoms with Gasteiger partial charge in [-0.05, 0) is 65.2 Å². The minimum Gasteiger partial charge on any atom is -0.466 e. The molecule has 1 aliphatic carbocycles. The van der Waals surface area contributed by atoms with Crippen molar-refractivity contribution in [2.45, 2.75) is 88.3 Å². The molecule has 0 aromatic rings. The Balaban J connectivity index is 1.76. The highest BCUT2D eigenvalue weighted by molar-refractivity contribution is 5.88. The van der Waals surface area contributed by atoms with Gasteiger partial charge in [-0.25, -0.2) is 9.68 Å². The van der Waals surface area contributed by atoms with E-state index in [2.05, 4.69) is 20.4 Å². The van der Waals surface area contributed by atoms with Gasteiger partial charge in [0.2, 0.25) is 0 Å². The van der Waals surface area contributed by atoms with Crippen molar-refractivity contribution in [3.63, 3.8) is 0 Å². The third kappa shape index (κ3) is 4.45. The molecule has 0 bridgehead atoms. The minimum atomic E-state index is -0.723. The van der Waals surface area contributed by atoms with Crippen LogP contribution >= 0.6 is 0 Å². The van der Waals surface area contributed by atoms with Crippen LogP contribution in [0.1, 0.15) is 59.3 Å². The zero-order valence-corrected chi connectivity index (χ0v) is 16.8. The standard InChI is InChI=1S/C21H32O6/c1-14(18(22)24-5)15-7-12-21(4)16(25-21)8-11-19(2,27-23)9-6-10-20(3)17(13-15)26-20/h6,9,15-17,23H,1,7-8,10-13H2,2-5H3/b9-6+/t15-,16+,17-,19-,20+,21+/m0/s1. The van der Waals surface area contributed by atoms with E-state index in [4.69, 9.17) is 19.1 Å². The molecule has 2 saturated heterocycles. The lowest BCUT2D eigenvalue weighted by atomic mass is 9.83. The molecule has 1 N–H and O–H groups in total. The van der Waals surface area contributed by atoms with Crippen LogP contribution in [0.5, 0.6) is 0 Å². The van der Waals surface area contributed by atoms with Crippen molar-refractivity contribution in [1.82, 2.24) is 0 Å². The van der Waals surface area contributed by atoms with Gasteiger partial charge in [-0.15, -0.1) is 0 Å². The molecule has 0 amide bonds. The maximum absolute atomic E-state index is 12.0. The molecule has 2 aliphatic heterocycles. The number of methoxy groups -OCH3 is 1. The summed E-state index contributed by atoms with van der Waals surface area (Å²) in [6.45, 7) is 10.0. The largest absolute Gasteiger partial charge is 0.466 e. The lowest BCUT2D eigenvalue weighted by molar-refractivity contribution is -0.304. The average Bonchev–Trinajstić information content (AvgIpc) is 3.50. The third-order valence-corrected chi connectivity index (χ3v) is 6.60. The Morgan fingerprint density at radius 2 is 1.85 bits per heavy atom. The van der Waals surface area contributed by atoms with E-state index in [1.165, 1.54) is 7.11 Å². The van der Waals surface area contributed by atoms with Crippen molar-refractivity contribution in [2.24, 2.45) is 5.92 Å². The molecule has 6 heteroatoms. The summed E-state index contributed by atoms with van der Waals surface area (Å²) >= 11 is 0. The van der Waals surface area contributed by atoms with Crippen LogP contribution in [0, 0.1) is 5.92 Å². The predicted molar refractivity (Wildman–Crippen MR) is 100 cm³/mol. The summed E-state index contributed by atoms with van der Waals surface area (Å²) < 4.78 is 16.8. The summed E-state index contributed by atoms with van der Waals surface area (Å²) in [5.41, 5.74) is -0.666. The highest BCUT2D eigenvalue weighted by atomic mass is 17.1. The molecule has 3 aliphatic rings. The Bertz CT molecular complexity index is 630. The van der Waals surface area contributed by atoms with Gasteiger partial charge in [-0.3, -0.25) is 5.26 Å². The number of hydrogen-bond donors (Lipinski definition) is 1. The maximum Gasteiger partial charge on any atom is 0.333 e. The highest BCUT2D eigenvalue weighted by Crippen LogP contribution is 2.49. The zero-order chi connectivity index (χ0) is 19.9. The lowest BCUT2D eigenvalue weighted by Crippen LogP contribution is -2.27. The van der Waals surface area contributed by atoms with Crippen molar-refractivity contribution in [3.8, 4) is 0 Å². The average molecular weight is 380 g/mol. The molecule has 6 nitrogen and oxygen atoms in total. The van der Waals surface area contributed by atoms with Crippen molar-refractivity contribution >= 4 is 5.97 Å². The van der Waals surface area contributed by atoms with Gasteiger partial charge in [0.15, 0.2) is 0 Å². The molecule has 0 radical (unpaired) electrons. The van der Waals surface area contributed by atoms with E-state index in [-0.39, 0.29) is 35.3 Å². The first kappa shape index (κ1) is 20.5. The normalized spacial score (nSPS) is 45.6. The summed E-state index contributed by atoms with van der Waals surface area (Å²) in [7, 11) is 1.39. The summed E-state index contributed by atoms with van der Waals surface area (Å²) in [4.78, 5) is 16.8. The van der Waals surface area contributed by atoms with Crippen molar-refractivity contribution in [1.29, 1.82) is 0 Å². The lowest BCUT2D eigenvalue weighted by Gasteiger charge is -2.23. The first-order valence-corrected chi connectivity index (χ1v) is 9.78. The second-order valence-corrected chi connectivity index (χ2v) is 8.88. The summed E-state index contributed by atoms with van der Waals surface area (Å²) in [5, 5.41) is 9.35. The number of esters is 1. The number of carbonyl (C=O) groups excluding carboxylic acids is 1. The Labute approximate surface area is 161 Å². The fourth-order valence-corrected chi connectivity index (χ4v) is 4.21. The Hall–Kier alpha value is -1.21. The van der Waals surface area contributed by atoms with E-state index < -0.39 is 5.60 Å². The smallest absolute Gasteiger partial charge is 0.333 e. The molecule has 0 saturated carbocycles. The van der Waals surface area contributed by atoms with Gasteiger partial charge in [-0.2, -0.15) is 0 Å². The van der Waals surface area contributed by atoms with Gasteiger partial charge >= 0.3 is 5.97 Å². The molecule has 0 spiro atoms. The monoisotopic (exact) mass is 380 g/mol. The van der Waals surface area contributed by atoms with E-state index in [0.29, 0.717) is 12.0 Å². The van der Waals surface area contributed by atoms with Crippen molar-refractivity contribution < 1.29 is 29.1 Å². The second kappa shape index (κ2) is 7.32. The molecule has 152 valence electrons. The molecule has 27 heavy (non-hydrogen) atoms. The maximum atomic E-state index is 12.0. The molecular weight excluding hydrogens is 348 g/mol. The fourth-order valence-electron chi connectivity index (χ4n) is 4.21. The van der Waals surface area contributed by atoms with Crippen LogP contribution in [0.3, 0.4) is 0 Å². The Morgan fingerprint density at radius 1 is 1.15 bits per heavy atom. The Morgan fingerprint density at radius 3 is 2.52 bits per heavy atom. The van der Waals surface area contributed by atoms with Gasteiger partial charge in [-0.1, -0.05) is 18.7 Å². The van der Waals surface area contributed by atoms with E-state index >= 15 is 0 Å². The molecule has 0 unspecified atom stereocenters. The van der Waals surface area contributed by atoms with Crippen LogP contribution in [0.2, 0.25) is 0 Å². The zero-order valence-electron chi connectivity index (χ0n) is 16.8. The van der Waals surface area contributed by atoms with E-state index in [1.54, 1.807) is 0 Å². The predicted octanol–water partition coefficient (Wildman–Crippen LogP) is 3.81. The van der Waals surface area contributed by atoms with Gasteiger partial charge in [0, 0.05) is 5.57 Å². The molecule has 0 aromatic heterocycles. The number of hydrogen-bond acceptors (Lipinski definition) is 6. The van der Waals surface area contributed by atoms with Crippen LogP contribution in [-0.2, 0) is 23.9 Å². The summed E-state index contributed by atoms with van der Waals surface area (Å²) in [6, 6.07) is 0. The van der Waals surface area contributed by atoms with Crippen LogP contribution < -0.4 is 0 Å². The topological polar surface area (TPSA) is 80.8 Å². The second-order valence-electron chi connectivity index (χ2n) is 8.88. The van der Waals surface area contributed by atoms with E-state index in [9.17, 15) is 10.1 Å². The van der Waals surface area contributed by atoms with Crippen molar-refractivity contribution in [3.05, 3.63) is 24.3 Å². The number of rotatable bonds is 3. The van der Waals surface area contributed by atoms with Gasteiger partial charge in [0.25, 0.3) is 0 Å². The summed E-state index contributed by atoms with van der Waals surface area (Å²) in [5.74, 6) is -0.332. The minimum absolute atomic E-state index is 0.0175. The van der Waals surface area contributed by atoms with Crippen LogP contribution in [0.25, 0.3) is 0 Å². The molecule has 6 atom stereocenters. The van der Waals surface area contributed by atoms with E-state index in [0.717, 1.165) is 32.1 Å². The van der Waals surface area contributed by atoms with Gasteiger partial charge < -0.3 is 14.2 Å². The van der Waals surface area contributed by atoms with E-state index in [1.807, 2.05) is 19.1 Å². The number of epoxide rings is 2. The third-order valence-electron chi connectivity index (χ3n) is 6.60. The SMILES string of the molecule is C=C(C(=O)OC)[C@H]1CC[C@@]2(C)O[C@@H]2CC[C@@](C)(OO)/C=C/C[C@@]2(C)O[C@H]2C1. The summed E-state index contributed by atoms with van der Waals surface area (Å²) in [6.07, 6.45) is 8.72. The number of ether oxygens (including phenoxy) is 3. The van der Waals surface area contributed by atoms with Crippen LogP contribution in [0.4, 0.5) is 0 Å². The first-order valence-electron chi connectivity index (χ1n) is 9.78. The van der Waals surface area contributed by atoms with Gasteiger partial charge in [0.05, 0.1) is 30.5 Å². The first-order chi connectivity index (χ1) is 12.6. The molecule has 0 aromatic carbocycles. The van der Waals surface area contributed by atoms with Crippen LogP contribution in [0.15, 0.2) is 24.3 Å². The van der Waals surface area contributed by atoms with Gasteiger partial charge in [0.1, 0.15) is 5.60 Å².